The Morgan fingerprint density at radius 2 is 1.11 bits per heavy atom. The molecule has 0 aliphatic carbocycles. The van der Waals surface area contributed by atoms with Crippen LogP contribution in [0.3, 0.4) is 0 Å². The lowest BCUT2D eigenvalue weighted by molar-refractivity contribution is 0.475. The van der Waals surface area contributed by atoms with Crippen molar-refractivity contribution >= 4 is 10.8 Å². The van der Waals surface area contributed by atoms with Crippen LogP contribution in [0.15, 0.2) is 72.8 Å². The second-order valence-corrected chi connectivity index (χ2v) is 3.87. The summed E-state index contributed by atoms with van der Waals surface area (Å²) in [5, 5.41) is 20.0. The summed E-state index contributed by atoms with van der Waals surface area (Å²) < 4.78 is 0. The third-order valence-corrected chi connectivity index (χ3v) is 2.49. The highest BCUT2D eigenvalue weighted by molar-refractivity contribution is 5.83. The lowest BCUT2D eigenvalue weighted by Gasteiger charge is -1.96. The Hall–Kier alpha value is -2.48. The number of aromatic hydroxyl groups is 2. The number of rotatable bonds is 0. The molecule has 0 heterocycles. The maximum absolute atomic E-state index is 9.13. The molecule has 0 unspecified atom stereocenters. The maximum atomic E-state index is 9.13. The SMILES string of the molecule is Oc1ccc2ccccc2c1.Oc1ccccc1. The van der Waals surface area contributed by atoms with Crippen molar-refractivity contribution in [1.29, 1.82) is 0 Å². The van der Waals surface area contributed by atoms with Crippen LogP contribution in [0.1, 0.15) is 0 Å². The fourth-order valence-corrected chi connectivity index (χ4v) is 1.60. The molecule has 90 valence electrons. The Balaban J connectivity index is 0.000000149. The molecule has 3 rings (SSSR count). The Morgan fingerprint density at radius 1 is 0.500 bits per heavy atom. The summed E-state index contributed by atoms with van der Waals surface area (Å²) in [5.74, 6) is 0.645. The minimum Gasteiger partial charge on any atom is -0.508 e. The van der Waals surface area contributed by atoms with Crippen LogP contribution in [0.5, 0.6) is 11.5 Å². The molecule has 0 aliphatic heterocycles. The minimum atomic E-state index is 0.322. The maximum Gasteiger partial charge on any atom is 0.116 e. The predicted octanol–water partition coefficient (Wildman–Crippen LogP) is 3.94. The van der Waals surface area contributed by atoms with E-state index in [9.17, 15) is 0 Å². The van der Waals surface area contributed by atoms with E-state index in [1.54, 1.807) is 36.4 Å². The van der Waals surface area contributed by atoms with Gasteiger partial charge in [0.05, 0.1) is 0 Å². The molecular weight excluding hydrogens is 224 g/mol. The van der Waals surface area contributed by atoms with Gasteiger partial charge in [0.15, 0.2) is 0 Å². The zero-order valence-corrected chi connectivity index (χ0v) is 9.82. The lowest BCUT2D eigenvalue weighted by atomic mass is 10.1. The highest BCUT2D eigenvalue weighted by atomic mass is 16.3. The van der Waals surface area contributed by atoms with E-state index in [0.717, 1.165) is 10.8 Å². The Bertz CT molecular complexity index is 618. The number of hydrogen-bond donors (Lipinski definition) is 2. The van der Waals surface area contributed by atoms with Crippen molar-refractivity contribution in [2.24, 2.45) is 0 Å². The second-order valence-electron chi connectivity index (χ2n) is 3.87. The third-order valence-electron chi connectivity index (χ3n) is 2.49. The van der Waals surface area contributed by atoms with Crippen molar-refractivity contribution in [3.8, 4) is 11.5 Å². The molecule has 2 nitrogen and oxygen atoms in total. The summed E-state index contributed by atoms with van der Waals surface area (Å²) in [4.78, 5) is 0. The monoisotopic (exact) mass is 238 g/mol. The van der Waals surface area contributed by atoms with E-state index in [1.807, 2.05) is 36.4 Å². The van der Waals surface area contributed by atoms with Gasteiger partial charge in [-0.15, -0.1) is 0 Å². The minimum absolute atomic E-state index is 0.322. The first-order valence-electron chi connectivity index (χ1n) is 5.67. The van der Waals surface area contributed by atoms with Gasteiger partial charge in [0, 0.05) is 0 Å². The molecular formula is C16H14O2. The van der Waals surface area contributed by atoms with Gasteiger partial charge in [0.1, 0.15) is 11.5 Å². The van der Waals surface area contributed by atoms with Crippen LogP contribution in [0.4, 0.5) is 0 Å². The van der Waals surface area contributed by atoms with Crippen molar-refractivity contribution in [3.63, 3.8) is 0 Å². The number of fused-ring (bicyclic) bond motifs is 1. The van der Waals surface area contributed by atoms with Crippen LogP contribution in [-0.4, -0.2) is 10.2 Å². The average Bonchev–Trinajstić information content (AvgIpc) is 2.40. The molecule has 0 saturated carbocycles. The van der Waals surface area contributed by atoms with Crippen LogP contribution in [0, 0.1) is 0 Å². The molecule has 0 amide bonds. The topological polar surface area (TPSA) is 40.5 Å². The summed E-state index contributed by atoms with van der Waals surface area (Å²) in [6.07, 6.45) is 0. The highest BCUT2D eigenvalue weighted by Gasteiger charge is 1.91. The van der Waals surface area contributed by atoms with E-state index in [2.05, 4.69) is 0 Å². The van der Waals surface area contributed by atoms with Crippen LogP contribution < -0.4 is 0 Å². The van der Waals surface area contributed by atoms with Crippen molar-refractivity contribution in [2.75, 3.05) is 0 Å². The molecule has 3 aromatic rings. The average molecular weight is 238 g/mol. The van der Waals surface area contributed by atoms with Gasteiger partial charge >= 0.3 is 0 Å². The van der Waals surface area contributed by atoms with E-state index in [0.29, 0.717) is 11.5 Å². The number of phenolic OH excluding ortho intramolecular Hbond substituents is 2. The van der Waals surface area contributed by atoms with Crippen molar-refractivity contribution < 1.29 is 10.2 Å². The van der Waals surface area contributed by atoms with E-state index in [4.69, 9.17) is 10.2 Å². The van der Waals surface area contributed by atoms with Crippen molar-refractivity contribution in [2.45, 2.75) is 0 Å². The van der Waals surface area contributed by atoms with Crippen LogP contribution in [0.25, 0.3) is 10.8 Å². The highest BCUT2D eigenvalue weighted by Crippen LogP contribution is 2.18. The molecule has 0 aliphatic rings. The lowest BCUT2D eigenvalue weighted by Crippen LogP contribution is -1.69. The van der Waals surface area contributed by atoms with Gasteiger partial charge in [-0.1, -0.05) is 48.5 Å². The zero-order chi connectivity index (χ0) is 12.8. The molecule has 18 heavy (non-hydrogen) atoms. The number of phenols is 2. The van der Waals surface area contributed by atoms with Gasteiger partial charge in [0.2, 0.25) is 0 Å². The summed E-state index contributed by atoms with van der Waals surface area (Å²) in [6.45, 7) is 0. The first-order chi connectivity index (χ1) is 8.75. The molecule has 0 spiro atoms. The standard InChI is InChI=1S/C10H8O.C6H6O/c11-10-6-5-8-3-1-2-4-9(8)7-10;7-6-4-2-1-3-5-6/h1-7,11H;1-5,7H. The fraction of sp³-hybridized carbons (Fsp3) is 0. The number of hydrogen-bond acceptors (Lipinski definition) is 2. The van der Waals surface area contributed by atoms with Crippen LogP contribution in [0.2, 0.25) is 0 Å². The van der Waals surface area contributed by atoms with Crippen molar-refractivity contribution in [3.05, 3.63) is 72.8 Å². The van der Waals surface area contributed by atoms with Crippen molar-refractivity contribution in [1.82, 2.24) is 0 Å². The van der Waals surface area contributed by atoms with E-state index < -0.39 is 0 Å². The number of benzene rings is 3. The zero-order valence-electron chi connectivity index (χ0n) is 9.82. The predicted molar refractivity (Wildman–Crippen MR) is 73.7 cm³/mol. The molecule has 2 N–H and O–H groups in total. The van der Waals surface area contributed by atoms with Gasteiger partial charge in [-0.3, -0.25) is 0 Å². The van der Waals surface area contributed by atoms with Gasteiger partial charge in [0.25, 0.3) is 0 Å². The smallest absolute Gasteiger partial charge is 0.116 e. The van der Waals surface area contributed by atoms with E-state index in [-0.39, 0.29) is 0 Å². The molecule has 0 radical (unpaired) electrons. The molecule has 0 saturated heterocycles. The van der Waals surface area contributed by atoms with Gasteiger partial charge in [-0.05, 0) is 35.0 Å². The first-order valence-corrected chi connectivity index (χ1v) is 5.67. The molecule has 0 fully saturated rings. The largest absolute Gasteiger partial charge is 0.508 e. The number of para-hydroxylation sites is 1. The normalized spacial score (nSPS) is 9.56. The Kier molecular flexibility index (Phi) is 3.82. The summed E-state index contributed by atoms with van der Waals surface area (Å²) in [5.41, 5.74) is 0. The third kappa shape index (κ3) is 3.25. The second kappa shape index (κ2) is 5.73. The fourth-order valence-electron chi connectivity index (χ4n) is 1.60. The van der Waals surface area contributed by atoms with Gasteiger partial charge < -0.3 is 10.2 Å². The van der Waals surface area contributed by atoms with E-state index in [1.165, 1.54) is 0 Å². The van der Waals surface area contributed by atoms with Crippen LogP contribution >= 0.6 is 0 Å². The quantitative estimate of drug-likeness (QED) is 0.622. The summed E-state index contributed by atoms with van der Waals surface area (Å²) in [6, 6.07) is 22.0. The van der Waals surface area contributed by atoms with Gasteiger partial charge in [-0.2, -0.15) is 0 Å². The molecule has 0 atom stereocenters. The van der Waals surface area contributed by atoms with Gasteiger partial charge in [-0.25, -0.2) is 0 Å². The first kappa shape index (κ1) is 12.0. The molecule has 3 aromatic carbocycles. The Labute approximate surface area is 106 Å². The van der Waals surface area contributed by atoms with Crippen LogP contribution in [-0.2, 0) is 0 Å². The molecule has 0 bridgehead atoms. The summed E-state index contributed by atoms with van der Waals surface area (Å²) in [7, 11) is 0. The summed E-state index contributed by atoms with van der Waals surface area (Å²) >= 11 is 0. The molecule has 0 aromatic heterocycles. The van der Waals surface area contributed by atoms with E-state index >= 15 is 0 Å². The Morgan fingerprint density at radius 3 is 1.72 bits per heavy atom. The molecule has 2 heteroatoms.